The molecule has 1 heterocycles. The van der Waals surface area contributed by atoms with Crippen molar-refractivity contribution in [2.24, 2.45) is 0 Å². The molecule has 1 aromatic heterocycles. The van der Waals surface area contributed by atoms with Gasteiger partial charge in [0.05, 0.1) is 15.0 Å². The van der Waals surface area contributed by atoms with Crippen LogP contribution in [0.5, 0.6) is 5.75 Å². The number of ether oxygens (including phenoxy) is 1. The molecule has 0 spiro atoms. The van der Waals surface area contributed by atoms with Gasteiger partial charge in [0.1, 0.15) is 18.2 Å². The topological polar surface area (TPSA) is 51.2 Å². The Morgan fingerprint density at radius 2 is 2.16 bits per heavy atom. The minimum absolute atomic E-state index is 0.113. The number of rotatable bonds is 6. The van der Waals surface area contributed by atoms with Crippen molar-refractivity contribution < 1.29 is 13.9 Å². The van der Waals surface area contributed by atoms with Crippen LogP contribution in [0.25, 0.3) is 10.2 Å². The standard InChI is InChI=1S/C18H16BrFN2O2S/c1-2-13(19)17(23)22-18-21-15-8-7-12(9-16(15)25-18)24-10-11-5-3-4-6-14(11)20/h3-9,13H,2,10H2,1H3,(H,21,22,23). The summed E-state index contributed by atoms with van der Waals surface area (Å²) >= 11 is 4.69. The van der Waals surface area contributed by atoms with Crippen LogP contribution in [0.1, 0.15) is 18.9 Å². The molecule has 0 aliphatic carbocycles. The minimum Gasteiger partial charge on any atom is -0.489 e. The second-order valence-corrected chi connectivity index (χ2v) is 7.53. The molecule has 130 valence electrons. The monoisotopic (exact) mass is 422 g/mol. The first-order chi connectivity index (χ1) is 12.1. The Bertz CT molecular complexity index is 900. The summed E-state index contributed by atoms with van der Waals surface area (Å²) in [4.78, 5) is 16.1. The van der Waals surface area contributed by atoms with E-state index in [4.69, 9.17) is 4.74 Å². The van der Waals surface area contributed by atoms with E-state index in [2.05, 4.69) is 26.2 Å². The molecule has 0 saturated carbocycles. The molecule has 3 aromatic rings. The number of aromatic nitrogens is 1. The molecule has 0 aliphatic heterocycles. The van der Waals surface area contributed by atoms with Crippen molar-refractivity contribution in [2.75, 3.05) is 5.32 Å². The Kier molecular flexibility index (Phi) is 5.65. The number of hydrogen-bond acceptors (Lipinski definition) is 4. The summed E-state index contributed by atoms with van der Waals surface area (Å²) in [5, 5.41) is 3.34. The molecular formula is C18H16BrFN2O2S. The van der Waals surface area contributed by atoms with Crippen molar-refractivity contribution >= 4 is 48.5 Å². The number of halogens is 2. The number of alkyl halides is 1. The molecule has 0 radical (unpaired) electrons. The largest absolute Gasteiger partial charge is 0.489 e. The first-order valence-corrected chi connectivity index (χ1v) is 9.51. The fraction of sp³-hybridized carbons (Fsp3) is 0.222. The molecule has 0 aliphatic rings. The summed E-state index contributed by atoms with van der Waals surface area (Å²) in [6.45, 7) is 2.08. The summed E-state index contributed by atoms with van der Waals surface area (Å²) in [6, 6.07) is 12.0. The summed E-state index contributed by atoms with van der Waals surface area (Å²) in [5.74, 6) is 0.230. The second kappa shape index (κ2) is 7.93. The second-order valence-electron chi connectivity index (χ2n) is 5.39. The third-order valence-electron chi connectivity index (χ3n) is 3.59. The number of carbonyl (C=O) groups is 1. The predicted molar refractivity (Wildman–Crippen MR) is 102 cm³/mol. The number of nitrogens with one attached hydrogen (secondary N) is 1. The van der Waals surface area contributed by atoms with Crippen LogP contribution in [-0.2, 0) is 11.4 Å². The Labute approximate surface area is 157 Å². The van der Waals surface area contributed by atoms with Crippen LogP contribution >= 0.6 is 27.3 Å². The van der Waals surface area contributed by atoms with E-state index in [-0.39, 0.29) is 23.2 Å². The first-order valence-electron chi connectivity index (χ1n) is 7.78. The van der Waals surface area contributed by atoms with E-state index < -0.39 is 0 Å². The van der Waals surface area contributed by atoms with Crippen LogP contribution in [0.3, 0.4) is 0 Å². The molecule has 1 unspecified atom stereocenters. The Balaban J connectivity index is 1.72. The fourth-order valence-electron chi connectivity index (χ4n) is 2.19. The number of fused-ring (bicyclic) bond motifs is 1. The highest BCUT2D eigenvalue weighted by Gasteiger charge is 2.15. The average molecular weight is 423 g/mol. The Hall–Kier alpha value is -1.99. The lowest BCUT2D eigenvalue weighted by Crippen LogP contribution is -2.21. The molecule has 4 nitrogen and oxygen atoms in total. The number of nitrogens with zero attached hydrogens (tertiary/aromatic N) is 1. The van der Waals surface area contributed by atoms with Crippen molar-refractivity contribution in [1.29, 1.82) is 0 Å². The van der Waals surface area contributed by atoms with E-state index in [9.17, 15) is 9.18 Å². The smallest absolute Gasteiger partial charge is 0.239 e. The lowest BCUT2D eigenvalue weighted by Gasteiger charge is -2.06. The number of anilines is 1. The molecule has 1 amide bonds. The van der Waals surface area contributed by atoms with Crippen LogP contribution in [0.2, 0.25) is 0 Å². The summed E-state index contributed by atoms with van der Waals surface area (Å²) in [6.07, 6.45) is 0.699. The first kappa shape index (κ1) is 17.8. The van der Waals surface area contributed by atoms with E-state index in [0.717, 1.165) is 10.2 Å². The van der Waals surface area contributed by atoms with E-state index in [1.807, 2.05) is 19.1 Å². The molecule has 3 rings (SSSR count). The van der Waals surface area contributed by atoms with Gasteiger partial charge in [0.15, 0.2) is 5.13 Å². The number of amides is 1. The summed E-state index contributed by atoms with van der Waals surface area (Å²) in [5.41, 5.74) is 1.28. The molecular weight excluding hydrogens is 407 g/mol. The van der Waals surface area contributed by atoms with Gasteiger partial charge in [-0.25, -0.2) is 9.37 Å². The van der Waals surface area contributed by atoms with Crippen molar-refractivity contribution in [3.8, 4) is 5.75 Å². The number of thiazole rings is 1. The van der Waals surface area contributed by atoms with Gasteiger partial charge in [-0.2, -0.15) is 0 Å². The minimum atomic E-state index is -0.286. The molecule has 7 heteroatoms. The zero-order chi connectivity index (χ0) is 17.8. The average Bonchev–Trinajstić information content (AvgIpc) is 3.01. The number of hydrogen-bond donors (Lipinski definition) is 1. The molecule has 0 fully saturated rings. The van der Waals surface area contributed by atoms with E-state index in [0.29, 0.717) is 22.9 Å². The molecule has 1 N–H and O–H groups in total. The van der Waals surface area contributed by atoms with Gasteiger partial charge >= 0.3 is 0 Å². The highest BCUT2D eigenvalue weighted by atomic mass is 79.9. The lowest BCUT2D eigenvalue weighted by molar-refractivity contribution is -0.115. The maximum Gasteiger partial charge on any atom is 0.239 e. The Morgan fingerprint density at radius 3 is 2.92 bits per heavy atom. The SMILES string of the molecule is CCC(Br)C(=O)Nc1nc2ccc(OCc3ccccc3F)cc2s1. The summed E-state index contributed by atoms with van der Waals surface area (Å²) in [7, 11) is 0. The van der Waals surface area contributed by atoms with Gasteiger partial charge in [-0.05, 0) is 30.7 Å². The third-order valence-corrected chi connectivity index (χ3v) is 5.58. The van der Waals surface area contributed by atoms with Crippen LogP contribution in [-0.4, -0.2) is 15.7 Å². The maximum absolute atomic E-state index is 13.6. The van der Waals surface area contributed by atoms with E-state index in [1.54, 1.807) is 24.3 Å². The van der Waals surface area contributed by atoms with Gasteiger partial charge < -0.3 is 10.1 Å². The van der Waals surface area contributed by atoms with Crippen molar-refractivity contribution in [3.63, 3.8) is 0 Å². The van der Waals surface area contributed by atoms with Crippen LogP contribution in [0, 0.1) is 5.82 Å². The highest BCUT2D eigenvalue weighted by Crippen LogP contribution is 2.30. The fourth-order valence-corrected chi connectivity index (χ4v) is 3.21. The van der Waals surface area contributed by atoms with E-state index >= 15 is 0 Å². The summed E-state index contributed by atoms with van der Waals surface area (Å²) < 4.78 is 20.2. The van der Waals surface area contributed by atoms with Gasteiger partial charge in [0, 0.05) is 5.56 Å². The molecule has 1 atom stereocenters. The Morgan fingerprint density at radius 1 is 1.36 bits per heavy atom. The van der Waals surface area contributed by atoms with Crippen molar-refractivity contribution in [1.82, 2.24) is 4.98 Å². The predicted octanol–water partition coefficient (Wildman–Crippen LogP) is 5.13. The maximum atomic E-state index is 13.6. The van der Waals surface area contributed by atoms with Gasteiger partial charge in [-0.15, -0.1) is 0 Å². The van der Waals surface area contributed by atoms with Crippen LogP contribution in [0.4, 0.5) is 9.52 Å². The quantitative estimate of drug-likeness (QED) is 0.560. The van der Waals surface area contributed by atoms with Crippen molar-refractivity contribution in [2.45, 2.75) is 24.8 Å². The third kappa shape index (κ3) is 4.35. The van der Waals surface area contributed by atoms with Crippen LogP contribution < -0.4 is 10.1 Å². The molecule has 25 heavy (non-hydrogen) atoms. The van der Waals surface area contributed by atoms with Crippen LogP contribution in [0.15, 0.2) is 42.5 Å². The zero-order valence-electron chi connectivity index (χ0n) is 13.5. The molecule has 0 bridgehead atoms. The number of carbonyl (C=O) groups excluding carboxylic acids is 1. The van der Waals surface area contributed by atoms with E-state index in [1.165, 1.54) is 17.4 Å². The zero-order valence-corrected chi connectivity index (χ0v) is 15.9. The highest BCUT2D eigenvalue weighted by molar-refractivity contribution is 9.10. The number of benzene rings is 2. The normalized spacial score (nSPS) is 12.1. The molecule has 0 saturated heterocycles. The lowest BCUT2D eigenvalue weighted by atomic mass is 10.2. The van der Waals surface area contributed by atoms with Gasteiger partial charge in [-0.3, -0.25) is 4.79 Å². The van der Waals surface area contributed by atoms with Gasteiger partial charge in [0.2, 0.25) is 5.91 Å². The molecule has 2 aromatic carbocycles. The van der Waals surface area contributed by atoms with Crippen molar-refractivity contribution in [3.05, 3.63) is 53.8 Å². The van der Waals surface area contributed by atoms with Gasteiger partial charge in [-0.1, -0.05) is 52.4 Å². The van der Waals surface area contributed by atoms with Gasteiger partial charge in [0.25, 0.3) is 0 Å².